The molecule has 13 heteroatoms. The zero-order valence-electron chi connectivity index (χ0n) is 15.7. The summed E-state index contributed by atoms with van der Waals surface area (Å²) in [6, 6.07) is 1.33. The molecule has 0 aromatic carbocycles. The predicted molar refractivity (Wildman–Crippen MR) is 102 cm³/mol. The van der Waals surface area contributed by atoms with E-state index in [-0.39, 0.29) is 33.2 Å². The van der Waals surface area contributed by atoms with Gasteiger partial charge in [-0.25, -0.2) is 13.9 Å². The number of methoxy groups -OCH3 is 2. The van der Waals surface area contributed by atoms with Crippen LogP contribution in [0.1, 0.15) is 16.2 Å². The van der Waals surface area contributed by atoms with Crippen LogP contribution in [0.25, 0.3) is 5.13 Å². The molecule has 0 saturated heterocycles. The Morgan fingerprint density at radius 1 is 1.38 bits per heavy atom. The van der Waals surface area contributed by atoms with Crippen LogP contribution in [0.2, 0.25) is 0 Å². The first-order valence-electron chi connectivity index (χ1n) is 8.25. The molecule has 3 rings (SSSR count). The van der Waals surface area contributed by atoms with Crippen molar-refractivity contribution in [1.82, 2.24) is 20.0 Å². The molecule has 0 fully saturated rings. The Bertz CT molecular complexity index is 1080. The third kappa shape index (κ3) is 4.41. The number of carbonyl (C=O) groups is 1. The highest BCUT2D eigenvalue weighted by Crippen LogP contribution is 2.24. The van der Waals surface area contributed by atoms with Crippen molar-refractivity contribution in [3.05, 3.63) is 40.0 Å². The smallest absolute Gasteiger partial charge is 0.381 e. The normalized spacial score (nSPS) is 10.8. The summed E-state index contributed by atoms with van der Waals surface area (Å²) in [5.41, 5.74) is -0.279. The molecule has 0 spiro atoms. The molecule has 0 aliphatic heterocycles. The fourth-order valence-corrected chi connectivity index (χ4v) is 3.05. The van der Waals surface area contributed by atoms with Gasteiger partial charge in [-0.05, 0) is 6.92 Å². The number of rotatable bonds is 8. The summed E-state index contributed by atoms with van der Waals surface area (Å²) in [4.78, 5) is 24.6. The highest BCUT2D eigenvalue weighted by Gasteiger charge is 2.19. The minimum Gasteiger partial charge on any atom is -0.488 e. The fraction of sp³-hybridized carbons (Fsp3) is 0.312. The maximum absolute atomic E-state index is 13.4. The number of ether oxygens (including phenoxy) is 2. The Kier molecular flexibility index (Phi) is 6.19. The first-order valence-corrected chi connectivity index (χ1v) is 9.06. The summed E-state index contributed by atoms with van der Waals surface area (Å²) >= 11 is 0.972. The van der Waals surface area contributed by atoms with E-state index < -0.39 is 17.3 Å². The Balaban J connectivity index is 1.80. The monoisotopic (exact) mass is 424 g/mol. The van der Waals surface area contributed by atoms with Gasteiger partial charge in [0.25, 0.3) is 5.91 Å². The third-order valence-corrected chi connectivity index (χ3v) is 4.54. The van der Waals surface area contributed by atoms with Gasteiger partial charge in [0.05, 0.1) is 31.3 Å². The zero-order valence-corrected chi connectivity index (χ0v) is 16.5. The second-order valence-electron chi connectivity index (χ2n) is 5.60. The van der Waals surface area contributed by atoms with Gasteiger partial charge in [0.2, 0.25) is 16.0 Å². The lowest BCUT2D eigenvalue weighted by atomic mass is 10.3. The minimum atomic E-state index is -0.819. The SMILES string of the molecule is COCCNc1cc(C(=O)Nc2nnc(-n3ncc(F)c3C)s2)oc(=O)c1OC. The van der Waals surface area contributed by atoms with Crippen molar-refractivity contribution < 1.29 is 23.1 Å². The van der Waals surface area contributed by atoms with Gasteiger partial charge in [-0.1, -0.05) is 11.3 Å². The van der Waals surface area contributed by atoms with E-state index in [2.05, 4.69) is 25.9 Å². The number of amides is 1. The Labute approximate surface area is 167 Å². The van der Waals surface area contributed by atoms with E-state index in [4.69, 9.17) is 13.9 Å². The van der Waals surface area contributed by atoms with Crippen molar-refractivity contribution in [1.29, 1.82) is 0 Å². The molecule has 0 saturated carbocycles. The molecule has 0 unspecified atom stereocenters. The van der Waals surface area contributed by atoms with Gasteiger partial charge in [0.15, 0.2) is 11.6 Å². The number of halogens is 1. The van der Waals surface area contributed by atoms with Crippen molar-refractivity contribution in [2.45, 2.75) is 6.92 Å². The predicted octanol–water partition coefficient (Wildman–Crippen LogP) is 1.44. The summed E-state index contributed by atoms with van der Waals surface area (Å²) < 4.78 is 29.7. The highest BCUT2D eigenvalue weighted by molar-refractivity contribution is 7.17. The van der Waals surface area contributed by atoms with Crippen LogP contribution in [-0.2, 0) is 4.74 Å². The topological polar surface area (TPSA) is 133 Å². The molecule has 0 atom stereocenters. The molecular weight excluding hydrogens is 407 g/mol. The van der Waals surface area contributed by atoms with Gasteiger partial charge in [0, 0.05) is 19.7 Å². The van der Waals surface area contributed by atoms with Crippen molar-refractivity contribution in [2.24, 2.45) is 0 Å². The van der Waals surface area contributed by atoms with Crippen LogP contribution < -0.4 is 21.0 Å². The lowest BCUT2D eigenvalue weighted by molar-refractivity contribution is 0.0991. The average Bonchev–Trinajstić information content (AvgIpc) is 3.28. The lowest BCUT2D eigenvalue weighted by Gasteiger charge is -2.10. The average molecular weight is 424 g/mol. The van der Waals surface area contributed by atoms with Crippen molar-refractivity contribution in [3.8, 4) is 10.9 Å². The van der Waals surface area contributed by atoms with Crippen LogP contribution in [-0.4, -0.2) is 53.3 Å². The summed E-state index contributed by atoms with van der Waals surface area (Å²) in [7, 11) is 2.85. The van der Waals surface area contributed by atoms with Crippen molar-refractivity contribution >= 4 is 28.1 Å². The van der Waals surface area contributed by atoms with Crippen molar-refractivity contribution in [3.63, 3.8) is 0 Å². The van der Waals surface area contributed by atoms with Crippen LogP contribution in [0.15, 0.2) is 21.5 Å². The van der Waals surface area contributed by atoms with Gasteiger partial charge in [0.1, 0.15) is 0 Å². The molecule has 29 heavy (non-hydrogen) atoms. The molecule has 154 valence electrons. The first-order chi connectivity index (χ1) is 13.9. The molecule has 0 aliphatic rings. The van der Waals surface area contributed by atoms with E-state index in [1.165, 1.54) is 31.9 Å². The molecule has 2 N–H and O–H groups in total. The van der Waals surface area contributed by atoms with Crippen LogP contribution in [0.5, 0.6) is 5.75 Å². The number of nitrogens with zero attached hydrogens (tertiary/aromatic N) is 4. The maximum atomic E-state index is 13.4. The summed E-state index contributed by atoms with van der Waals surface area (Å²) in [5.74, 6) is -1.52. The van der Waals surface area contributed by atoms with E-state index in [0.717, 1.165) is 17.5 Å². The largest absolute Gasteiger partial charge is 0.488 e. The van der Waals surface area contributed by atoms with E-state index in [9.17, 15) is 14.0 Å². The molecule has 3 aromatic rings. The Hall–Kier alpha value is -3.32. The molecule has 1 amide bonds. The molecule has 3 aromatic heterocycles. The zero-order chi connectivity index (χ0) is 21.0. The summed E-state index contributed by atoms with van der Waals surface area (Å²) in [6.07, 6.45) is 1.05. The quantitative estimate of drug-likeness (QED) is 0.515. The Morgan fingerprint density at radius 2 is 2.17 bits per heavy atom. The highest BCUT2D eigenvalue weighted by atomic mass is 32.1. The van der Waals surface area contributed by atoms with Gasteiger partial charge in [-0.3, -0.25) is 10.1 Å². The third-order valence-electron chi connectivity index (χ3n) is 3.72. The lowest BCUT2D eigenvalue weighted by Crippen LogP contribution is -2.18. The number of hydrogen-bond acceptors (Lipinski definition) is 10. The number of carbonyl (C=O) groups excluding carboxylic acids is 1. The van der Waals surface area contributed by atoms with E-state index in [1.54, 1.807) is 0 Å². The number of anilines is 2. The van der Waals surface area contributed by atoms with E-state index in [0.29, 0.717) is 13.2 Å². The van der Waals surface area contributed by atoms with Crippen LogP contribution >= 0.6 is 11.3 Å². The number of nitrogens with one attached hydrogen (secondary N) is 2. The molecule has 0 aliphatic carbocycles. The Morgan fingerprint density at radius 3 is 2.83 bits per heavy atom. The minimum absolute atomic E-state index is 0.0629. The molecule has 0 radical (unpaired) electrons. The van der Waals surface area contributed by atoms with Gasteiger partial charge < -0.3 is 19.2 Å². The van der Waals surface area contributed by atoms with Gasteiger partial charge >= 0.3 is 5.63 Å². The summed E-state index contributed by atoms with van der Waals surface area (Å²) in [6.45, 7) is 2.30. The molecule has 0 bridgehead atoms. The van der Waals surface area contributed by atoms with Gasteiger partial charge in [-0.15, -0.1) is 10.2 Å². The second-order valence-corrected chi connectivity index (χ2v) is 6.55. The van der Waals surface area contributed by atoms with Crippen LogP contribution in [0.4, 0.5) is 15.2 Å². The number of hydrogen-bond donors (Lipinski definition) is 2. The first kappa shape index (κ1) is 20.4. The maximum Gasteiger partial charge on any atom is 0.381 e. The van der Waals surface area contributed by atoms with Gasteiger partial charge in [-0.2, -0.15) is 5.10 Å². The molecule has 11 nitrogen and oxygen atoms in total. The van der Waals surface area contributed by atoms with Crippen molar-refractivity contribution in [2.75, 3.05) is 38.0 Å². The van der Waals surface area contributed by atoms with E-state index in [1.807, 2.05) is 0 Å². The fourth-order valence-electron chi connectivity index (χ4n) is 2.30. The summed E-state index contributed by atoms with van der Waals surface area (Å²) in [5, 5.41) is 17.3. The number of aromatic nitrogens is 4. The standard InChI is InChI=1S/C16H17FN6O5S/c1-8-9(17)7-19-23(8)16-22-21-15(29-16)20-13(24)11-6-10(18-4-5-26-2)12(27-3)14(25)28-11/h6-7,18H,4-5H2,1-3H3,(H,20,21,24). The molecular formula is C16H17FN6O5S. The second kappa shape index (κ2) is 8.79. The van der Waals surface area contributed by atoms with E-state index >= 15 is 0 Å². The molecule has 3 heterocycles. The van der Waals surface area contributed by atoms with Crippen LogP contribution in [0.3, 0.4) is 0 Å². The van der Waals surface area contributed by atoms with Crippen LogP contribution in [0, 0.1) is 12.7 Å².